The summed E-state index contributed by atoms with van der Waals surface area (Å²) in [6.45, 7) is 5.81. The Hall–Kier alpha value is -1.39. The van der Waals surface area contributed by atoms with Crippen LogP contribution in [0.5, 0.6) is 0 Å². The summed E-state index contributed by atoms with van der Waals surface area (Å²) in [5.74, 6) is -1.41. The number of carboxylic acids is 1. The van der Waals surface area contributed by atoms with E-state index in [1.807, 2.05) is 20.8 Å². The van der Waals surface area contributed by atoms with Crippen LogP contribution in [0.1, 0.15) is 46.5 Å². The average molecular weight is 267 g/mol. The molecule has 3 unspecified atom stereocenters. The van der Waals surface area contributed by atoms with E-state index < -0.39 is 17.3 Å². The topological polar surface area (TPSA) is 74.7 Å². The number of likely N-dealkylation sites (tertiary alicyclic amines) is 1. The van der Waals surface area contributed by atoms with E-state index in [0.29, 0.717) is 25.7 Å². The largest absolute Gasteiger partial charge is 0.481 e. The third kappa shape index (κ3) is 2.15. The Morgan fingerprint density at radius 1 is 1.21 bits per heavy atom. The Kier molecular flexibility index (Phi) is 3.41. The molecule has 2 fully saturated rings. The minimum absolute atomic E-state index is 0.00616. The van der Waals surface area contributed by atoms with Gasteiger partial charge in [0.1, 0.15) is 0 Å². The number of nitrogens with zero attached hydrogens (tertiary/aromatic N) is 1. The molecule has 1 saturated heterocycles. The molecule has 2 amide bonds. The average Bonchev–Trinajstić information content (AvgIpc) is 2.62. The quantitative estimate of drug-likeness (QED) is 0.772. The maximum Gasteiger partial charge on any atom is 0.307 e. The number of hydrogen-bond acceptors (Lipinski definition) is 3. The standard InChI is InChI=1S/C14H21NO4/c1-8-10(15-11(16)6-7-12(15)17)5-4-9(13(18)19)14(8,2)3/h8-10H,4-7H2,1-3H3,(H,18,19). The third-order valence-electron chi connectivity index (χ3n) is 5.12. The van der Waals surface area contributed by atoms with E-state index in [0.717, 1.165) is 0 Å². The molecule has 1 heterocycles. The Bertz CT molecular complexity index is 413. The van der Waals surface area contributed by atoms with Crippen LogP contribution in [0.4, 0.5) is 0 Å². The van der Waals surface area contributed by atoms with E-state index >= 15 is 0 Å². The molecule has 1 saturated carbocycles. The molecule has 0 bridgehead atoms. The number of rotatable bonds is 2. The minimum Gasteiger partial charge on any atom is -0.481 e. The summed E-state index contributed by atoms with van der Waals surface area (Å²) >= 11 is 0. The lowest BCUT2D eigenvalue weighted by Crippen LogP contribution is -2.53. The molecule has 0 spiro atoms. The van der Waals surface area contributed by atoms with Gasteiger partial charge >= 0.3 is 5.97 Å². The summed E-state index contributed by atoms with van der Waals surface area (Å²) in [5.41, 5.74) is -0.419. The van der Waals surface area contributed by atoms with Crippen molar-refractivity contribution in [2.75, 3.05) is 0 Å². The molecular formula is C14H21NO4. The number of aliphatic carboxylic acids is 1. The molecule has 2 rings (SSSR count). The second kappa shape index (κ2) is 4.62. The fourth-order valence-electron chi connectivity index (χ4n) is 3.53. The lowest BCUT2D eigenvalue weighted by atomic mass is 9.60. The van der Waals surface area contributed by atoms with Gasteiger partial charge in [-0.1, -0.05) is 20.8 Å². The summed E-state index contributed by atoms with van der Waals surface area (Å²) in [7, 11) is 0. The molecule has 0 radical (unpaired) electrons. The maximum absolute atomic E-state index is 11.8. The van der Waals surface area contributed by atoms with Crippen LogP contribution in [-0.2, 0) is 14.4 Å². The summed E-state index contributed by atoms with van der Waals surface area (Å²) in [6.07, 6.45) is 1.71. The molecule has 3 atom stereocenters. The molecule has 2 aliphatic rings. The first-order chi connectivity index (χ1) is 8.76. The van der Waals surface area contributed by atoms with Gasteiger partial charge in [0.25, 0.3) is 0 Å². The van der Waals surface area contributed by atoms with Crippen molar-refractivity contribution < 1.29 is 19.5 Å². The molecule has 106 valence electrons. The fourth-order valence-corrected chi connectivity index (χ4v) is 3.53. The van der Waals surface area contributed by atoms with Crippen molar-refractivity contribution in [2.45, 2.75) is 52.5 Å². The predicted octanol–water partition coefficient (Wildman–Crippen LogP) is 1.66. The second-order valence-electron chi connectivity index (χ2n) is 6.30. The van der Waals surface area contributed by atoms with Crippen molar-refractivity contribution in [1.29, 1.82) is 0 Å². The monoisotopic (exact) mass is 267 g/mol. The highest BCUT2D eigenvalue weighted by Crippen LogP contribution is 2.47. The van der Waals surface area contributed by atoms with Crippen LogP contribution in [0.2, 0.25) is 0 Å². The summed E-state index contributed by atoms with van der Waals surface area (Å²) in [4.78, 5) is 36.4. The first-order valence-corrected chi connectivity index (χ1v) is 6.84. The Morgan fingerprint density at radius 2 is 1.74 bits per heavy atom. The molecule has 0 aromatic heterocycles. The van der Waals surface area contributed by atoms with Crippen molar-refractivity contribution in [3.8, 4) is 0 Å². The van der Waals surface area contributed by atoms with Crippen molar-refractivity contribution in [2.24, 2.45) is 17.3 Å². The molecule has 0 aromatic carbocycles. The van der Waals surface area contributed by atoms with Gasteiger partial charge < -0.3 is 5.11 Å². The zero-order valence-corrected chi connectivity index (χ0v) is 11.7. The molecule has 0 aromatic rings. The molecule has 1 N–H and O–H groups in total. The molecule has 1 aliphatic carbocycles. The maximum atomic E-state index is 11.8. The summed E-state index contributed by atoms with van der Waals surface area (Å²) in [6, 6.07) is -0.145. The Labute approximate surface area is 113 Å². The van der Waals surface area contributed by atoms with Crippen LogP contribution in [0, 0.1) is 17.3 Å². The van der Waals surface area contributed by atoms with Gasteiger partial charge in [-0.3, -0.25) is 19.3 Å². The molecule has 19 heavy (non-hydrogen) atoms. The zero-order valence-electron chi connectivity index (χ0n) is 11.7. The number of carboxylic acid groups (broad SMARTS) is 1. The predicted molar refractivity (Wildman–Crippen MR) is 68.2 cm³/mol. The van der Waals surface area contributed by atoms with Crippen molar-refractivity contribution >= 4 is 17.8 Å². The SMILES string of the molecule is CC1C(N2C(=O)CCC2=O)CCC(C(=O)O)C1(C)C. The highest BCUT2D eigenvalue weighted by atomic mass is 16.4. The number of hydrogen-bond donors (Lipinski definition) is 1. The van der Waals surface area contributed by atoms with Crippen molar-refractivity contribution in [1.82, 2.24) is 4.90 Å². The summed E-state index contributed by atoms with van der Waals surface area (Å²) in [5, 5.41) is 9.30. The summed E-state index contributed by atoms with van der Waals surface area (Å²) < 4.78 is 0. The Morgan fingerprint density at radius 3 is 2.21 bits per heavy atom. The lowest BCUT2D eigenvalue weighted by molar-refractivity contribution is -0.155. The van der Waals surface area contributed by atoms with E-state index in [4.69, 9.17) is 0 Å². The van der Waals surface area contributed by atoms with Crippen molar-refractivity contribution in [3.63, 3.8) is 0 Å². The van der Waals surface area contributed by atoms with Gasteiger partial charge in [-0.25, -0.2) is 0 Å². The zero-order chi connectivity index (χ0) is 14.4. The van der Waals surface area contributed by atoms with Gasteiger partial charge in [0.2, 0.25) is 11.8 Å². The van der Waals surface area contributed by atoms with Crippen molar-refractivity contribution in [3.05, 3.63) is 0 Å². The molecule has 1 aliphatic heterocycles. The highest BCUT2D eigenvalue weighted by Gasteiger charge is 2.50. The van der Waals surface area contributed by atoms with E-state index in [1.165, 1.54) is 4.90 Å². The molecule has 5 heteroatoms. The van der Waals surface area contributed by atoms with E-state index in [9.17, 15) is 19.5 Å². The number of amides is 2. The van der Waals surface area contributed by atoms with Crippen LogP contribution >= 0.6 is 0 Å². The van der Waals surface area contributed by atoms with E-state index in [2.05, 4.69) is 0 Å². The first kappa shape index (κ1) is 14.0. The van der Waals surface area contributed by atoms with E-state index in [-0.39, 0.29) is 23.8 Å². The first-order valence-electron chi connectivity index (χ1n) is 6.84. The molecule has 5 nitrogen and oxygen atoms in total. The lowest BCUT2D eigenvalue weighted by Gasteiger charge is -2.48. The number of imide groups is 1. The van der Waals surface area contributed by atoms with Gasteiger partial charge in [0, 0.05) is 18.9 Å². The van der Waals surface area contributed by atoms with Crippen LogP contribution in [0.15, 0.2) is 0 Å². The number of carbonyl (C=O) groups excluding carboxylic acids is 2. The Balaban J connectivity index is 2.25. The highest BCUT2D eigenvalue weighted by molar-refractivity contribution is 6.02. The van der Waals surface area contributed by atoms with Gasteiger partial charge in [-0.15, -0.1) is 0 Å². The van der Waals surface area contributed by atoms with Gasteiger partial charge in [0.15, 0.2) is 0 Å². The fraction of sp³-hybridized carbons (Fsp3) is 0.786. The second-order valence-corrected chi connectivity index (χ2v) is 6.30. The van der Waals surface area contributed by atoms with Gasteiger partial charge in [0.05, 0.1) is 5.92 Å². The normalized spacial score (nSPS) is 34.7. The number of carbonyl (C=O) groups is 3. The van der Waals surface area contributed by atoms with Crippen LogP contribution in [0.3, 0.4) is 0 Å². The smallest absolute Gasteiger partial charge is 0.307 e. The van der Waals surface area contributed by atoms with Gasteiger partial charge in [-0.2, -0.15) is 0 Å². The van der Waals surface area contributed by atoms with Gasteiger partial charge in [-0.05, 0) is 24.2 Å². The van der Waals surface area contributed by atoms with Crippen LogP contribution < -0.4 is 0 Å². The molecular weight excluding hydrogens is 246 g/mol. The minimum atomic E-state index is -0.783. The van der Waals surface area contributed by atoms with E-state index in [1.54, 1.807) is 0 Å². The third-order valence-corrected chi connectivity index (χ3v) is 5.12. The van der Waals surface area contributed by atoms with Crippen LogP contribution in [0.25, 0.3) is 0 Å². The van der Waals surface area contributed by atoms with Crippen LogP contribution in [-0.4, -0.2) is 33.8 Å².